The molecule has 1 aromatic carbocycles. The number of aromatic nitrogens is 1. The number of H-pyrrole nitrogens is 1. The molecule has 1 aliphatic rings. The topological polar surface area (TPSA) is 77.9 Å². The molecule has 2 heterocycles. The van der Waals surface area contributed by atoms with Gasteiger partial charge in [-0.15, -0.1) is 0 Å². The van der Waals surface area contributed by atoms with E-state index in [0.29, 0.717) is 22.7 Å². The van der Waals surface area contributed by atoms with Crippen LogP contribution in [0.3, 0.4) is 0 Å². The molecule has 2 N–H and O–H groups in total. The number of benzene rings is 1. The predicted molar refractivity (Wildman–Crippen MR) is 74.1 cm³/mol. The maximum absolute atomic E-state index is 12.2. The van der Waals surface area contributed by atoms with Gasteiger partial charge in [0.2, 0.25) is 5.88 Å². The molecule has 100 valence electrons. The van der Waals surface area contributed by atoms with E-state index in [-0.39, 0.29) is 11.8 Å². The summed E-state index contributed by atoms with van der Waals surface area (Å²) >= 11 is 6.01. The molecule has 2 aromatic rings. The van der Waals surface area contributed by atoms with E-state index in [4.69, 9.17) is 16.3 Å². The smallest absolute Gasteiger partial charge is 0.274 e. The van der Waals surface area contributed by atoms with Gasteiger partial charge in [0.25, 0.3) is 5.91 Å². The van der Waals surface area contributed by atoms with Gasteiger partial charge in [0.05, 0.1) is 12.7 Å². The number of aromatic amines is 1. The molecular weight excluding hydrogens is 278 g/mol. The zero-order valence-corrected chi connectivity index (χ0v) is 11.3. The Morgan fingerprint density at radius 1 is 1.45 bits per heavy atom. The molecule has 6 heteroatoms. The molecular formula is C14H10ClN3O2. The fourth-order valence-electron chi connectivity index (χ4n) is 2.36. The maximum atomic E-state index is 12.2. The van der Waals surface area contributed by atoms with Crippen LogP contribution < -0.4 is 5.32 Å². The normalized spacial score (nSPS) is 14.6. The minimum Gasteiger partial charge on any atom is -0.482 e. The fraction of sp³-hybridized carbons (Fsp3) is 0.143. The Kier molecular flexibility index (Phi) is 2.88. The molecule has 0 saturated carbocycles. The van der Waals surface area contributed by atoms with Crippen molar-refractivity contribution < 1.29 is 9.53 Å². The minimum absolute atomic E-state index is 0.192. The molecule has 0 spiro atoms. The van der Waals surface area contributed by atoms with Crippen LogP contribution in [0.15, 0.2) is 29.7 Å². The fourth-order valence-corrected chi connectivity index (χ4v) is 2.53. The van der Waals surface area contributed by atoms with E-state index in [0.717, 1.165) is 16.5 Å². The Morgan fingerprint density at radius 2 is 2.25 bits per heavy atom. The standard InChI is InChI=1S/C14H10ClN3O2/c1-20-14-7(6-16)4-10-9-5-8(15)2-3-11(9)17-12(10)13(19)18-14/h2-3,5,17H,4H2,1H3,(H,18,19). The number of allylic oxidation sites excluding steroid dienone is 1. The lowest BCUT2D eigenvalue weighted by atomic mass is 10.0. The molecule has 0 atom stereocenters. The molecule has 1 amide bonds. The van der Waals surface area contributed by atoms with Crippen molar-refractivity contribution in [3.8, 4) is 6.07 Å². The molecule has 0 radical (unpaired) electrons. The summed E-state index contributed by atoms with van der Waals surface area (Å²) < 4.78 is 5.07. The van der Waals surface area contributed by atoms with E-state index in [1.54, 1.807) is 12.1 Å². The summed E-state index contributed by atoms with van der Waals surface area (Å²) in [6, 6.07) is 7.41. The number of halogens is 1. The quantitative estimate of drug-likeness (QED) is 0.846. The van der Waals surface area contributed by atoms with Crippen molar-refractivity contribution in [2.75, 3.05) is 7.11 Å². The summed E-state index contributed by atoms with van der Waals surface area (Å²) in [5, 5.41) is 13.2. The second kappa shape index (κ2) is 4.58. The first-order valence-electron chi connectivity index (χ1n) is 5.92. The zero-order valence-electron chi connectivity index (χ0n) is 10.6. The summed E-state index contributed by atoms with van der Waals surface area (Å²) in [6.07, 6.45) is 0.314. The van der Waals surface area contributed by atoms with Crippen molar-refractivity contribution in [3.63, 3.8) is 0 Å². The number of fused-ring (bicyclic) bond motifs is 3. The number of methoxy groups -OCH3 is 1. The van der Waals surface area contributed by atoms with Gasteiger partial charge >= 0.3 is 0 Å². The number of carbonyl (C=O) groups excluding carboxylic acids is 1. The van der Waals surface area contributed by atoms with Crippen LogP contribution in [0.1, 0.15) is 16.1 Å². The highest BCUT2D eigenvalue weighted by Crippen LogP contribution is 2.29. The SMILES string of the molecule is COC1=C(C#N)Cc2c([nH]c3ccc(Cl)cc23)C(=O)N1. The van der Waals surface area contributed by atoms with Crippen molar-refractivity contribution >= 4 is 28.4 Å². The Morgan fingerprint density at radius 3 is 2.95 bits per heavy atom. The summed E-state index contributed by atoms with van der Waals surface area (Å²) in [7, 11) is 1.42. The largest absolute Gasteiger partial charge is 0.482 e. The molecule has 0 fully saturated rings. The van der Waals surface area contributed by atoms with Gasteiger partial charge in [0.15, 0.2) is 0 Å². The van der Waals surface area contributed by atoms with E-state index in [9.17, 15) is 10.1 Å². The van der Waals surface area contributed by atoms with Gasteiger partial charge < -0.3 is 9.72 Å². The molecule has 1 aromatic heterocycles. The second-order valence-corrected chi connectivity index (χ2v) is 4.86. The highest BCUT2D eigenvalue weighted by atomic mass is 35.5. The van der Waals surface area contributed by atoms with Crippen molar-refractivity contribution in [3.05, 3.63) is 45.9 Å². The van der Waals surface area contributed by atoms with Crippen LogP contribution in [0.4, 0.5) is 0 Å². The minimum atomic E-state index is -0.325. The van der Waals surface area contributed by atoms with E-state index in [1.165, 1.54) is 7.11 Å². The van der Waals surface area contributed by atoms with Gasteiger partial charge in [-0.1, -0.05) is 11.6 Å². The van der Waals surface area contributed by atoms with E-state index >= 15 is 0 Å². The van der Waals surface area contributed by atoms with Crippen molar-refractivity contribution in [2.45, 2.75) is 6.42 Å². The van der Waals surface area contributed by atoms with Crippen LogP contribution in [0, 0.1) is 11.3 Å². The molecule has 1 aliphatic heterocycles. The molecule has 3 rings (SSSR count). The molecule has 0 bridgehead atoms. The number of carbonyl (C=O) groups is 1. The average molecular weight is 288 g/mol. The molecule has 5 nitrogen and oxygen atoms in total. The number of ether oxygens (including phenoxy) is 1. The van der Waals surface area contributed by atoms with E-state index in [1.807, 2.05) is 6.07 Å². The summed E-state index contributed by atoms with van der Waals surface area (Å²) in [4.78, 5) is 15.3. The van der Waals surface area contributed by atoms with Crippen molar-refractivity contribution in [2.24, 2.45) is 0 Å². The van der Waals surface area contributed by atoms with Gasteiger partial charge in [-0.2, -0.15) is 5.26 Å². The first-order valence-corrected chi connectivity index (χ1v) is 6.30. The lowest BCUT2D eigenvalue weighted by Gasteiger charge is -2.06. The molecule has 20 heavy (non-hydrogen) atoms. The summed E-state index contributed by atoms with van der Waals surface area (Å²) in [5.74, 6) is -0.133. The number of nitriles is 1. The summed E-state index contributed by atoms with van der Waals surface area (Å²) in [5.41, 5.74) is 2.37. The third-order valence-electron chi connectivity index (χ3n) is 3.29. The van der Waals surface area contributed by atoms with Crippen LogP contribution in [-0.4, -0.2) is 18.0 Å². The van der Waals surface area contributed by atoms with Crippen LogP contribution in [0.5, 0.6) is 0 Å². The number of nitrogens with one attached hydrogen (secondary N) is 2. The lowest BCUT2D eigenvalue weighted by molar-refractivity contribution is 0.0932. The van der Waals surface area contributed by atoms with E-state index in [2.05, 4.69) is 16.4 Å². The number of hydrogen-bond donors (Lipinski definition) is 2. The number of amides is 1. The van der Waals surface area contributed by atoms with Gasteiger partial charge in [-0.3, -0.25) is 10.1 Å². The molecule has 0 unspecified atom stereocenters. The highest BCUT2D eigenvalue weighted by molar-refractivity contribution is 6.31. The Labute approximate surface area is 119 Å². The third-order valence-corrected chi connectivity index (χ3v) is 3.52. The lowest BCUT2D eigenvalue weighted by Crippen LogP contribution is -2.24. The molecule has 0 saturated heterocycles. The third kappa shape index (κ3) is 1.82. The second-order valence-electron chi connectivity index (χ2n) is 4.42. The maximum Gasteiger partial charge on any atom is 0.274 e. The highest BCUT2D eigenvalue weighted by Gasteiger charge is 2.25. The van der Waals surface area contributed by atoms with Crippen LogP contribution >= 0.6 is 11.6 Å². The zero-order chi connectivity index (χ0) is 14.3. The Bertz CT molecular complexity index is 799. The van der Waals surface area contributed by atoms with Gasteiger partial charge in [-0.05, 0) is 23.8 Å². The van der Waals surface area contributed by atoms with Gasteiger partial charge in [-0.25, -0.2) is 0 Å². The predicted octanol–water partition coefficient (Wildman–Crippen LogP) is 2.49. The monoisotopic (exact) mass is 287 g/mol. The molecule has 0 aliphatic carbocycles. The first kappa shape index (κ1) is 12.6. The van der Waals surface area contributed by atoms with Crippen LogP contribution in [0.25, 0.3) is 10.9 Å². The van der Waals surface area contributed by atoms with Crippen LogP contribution in [-0.2, 0) is 11.2 Å². The Hall–Kier alpha value is -2.45. The van der Waals surface area contributed by atoms with E-state index < -0.39 is 0 Å². The average Bonchev–Trinajstić information content (AvgIpc) is 2.73. The van der Waals surface area contributed by atoms with Gasteiger partial charge in [0, 0.05) is 22.3 Å². The number of rotatable bonds is 1. The Balaban J connectivity index is 2.27. The van der Waals surface area contributed by atoms with Crippen molar-refractivity contribution in [1.29, 1.82) is 5.26 Å². The first-order chi connectivity index (χ1) is 9.63. The number of nitrogens with zero attached hydrogens (tertiary/aromatic N) is 1. The van der Waals surface area contributed by atoms with Crippen molar-refractivity contribution in [1.82, 2.24) is 10.3 Å². The summed E-state index contributed by atoms with van der Waals surface area (Å²) in [6.45, 7) is 0. The number of hydrogen-bond acceptors (Lipinski definition) is 3. The van der Waals surface area contributed by atoms with Gasteiger partial charge in [0.1, 0.15) is 11.8 Å². The van der Waals surface area contributed by atoms with Crippen LogP contribution in [0.2, 0.25) is 5.02 Å².